The lowest BCUT2D eigenvalue weighted by Crippen LogP contribution is -2.41. The molecule has 0 unspecified atom stereocenters. The van der Waals surface area contributed by atoms with Crippen molar-refractivity contribution in [1.82, 2.24) is 14.9 Å². The summed E-state index contributed by atoms with van der Waals surface area (Å²) in [5.74, 6) is 1.05. The van der Waals surface area contributed by atoms with E-state index in [9.17, 15) is 9.59 Å². The quantitative estimate of drug-likeness (QED) is 0.796. The van der Waals surface area contributed by atoms with Gasteiger partial charge in [-0.1, -0.05) is 0 Å². The molecule has 8 heteroatoms. The van der Waals surface area contributed by atoms with Gasteiger partial charge in [0, 0.05) is 35.6 Å². The number of amides is 2. The summed E-state index contributed by atoms with van der Waals surface area (Å²) in [4.78, 5) is 36.2. The summed E-state index contributed by atoms with van der Waals surface area (Å²) in [6, 6.07) is 3.61. The minimum atomic E-state index is -0.0898. The van der Waals surface area contributed by atoms with Gasteiger partial charge < -0.3 is 10.2 Å². The van der Waals surface area contributed by atoms with Gasteiger partial charge in [0.05, 0.1) is 11.2 Å². The van der Waals surface area contributed by atoms with E-state index in [4.69, 9.17) is 0 Å². The first kappa shape index (κ1) is 17.6. The van der Waals surface area contributed by atoms with E-state index in [1.807, 2.05) is 11.0 Å². The van der Waals surface area contributed by atoms with Gasteiger partial charge in [-0.15, -0.1) is 11.3 Å². The van der Waals surface area contributed by atoms with E-state index in [-0.39, 0.29) is 17.7 Å². The maximum Gasteiger partial charge on any atom is 0.265 e. The van der Waals surface area contributed by atoms with Gasteiger partial charge in [0.1, 0.15) is 10.7 Å². The molecule has 2 aromatic heterocycles. The average Bonchev–Trinajstić information content (AvgIpc) is 3.40. The molecule has 1 aliphatic carbocycles. The van der Waals surface area contributed by atoms with Gasteiger partial charge in [-0.2, -0.15) is 0 Å². The van der Waals surface area contributed by atoms with Crippen LogP contribution < -0.4 is 5.32 Å². The summed E-state index contributed by atoms with van der Waals surface area (Å²) in [7, 11) is 0. The van der Waals surface area contributed by atoms with Crippen molar-refractivity contribution >= 4 is 44.9 Å². The van der Waals surface area contributed by atoms with Crippen LogP contribution in [0.15, 0.2) is 29.0 Å². The molecule has 0 radical (unpaired) electrons. The van der Waals surface area contributed by atoms with Crippen molar-refractivity contribution in [2.24, 2.45) is 5.92 Å². The molecule has 1 N–H and O–H groups in total. The third-order valence-electron chi connectivity index (χ3n) is 4.79. The maximum absolute atomic E-state index is 12.6. The first-order valence-corrected chi connectivity index (χ1v) is 10.4. The summed E-state index contributed by atoms with van der Waals surface area (Å²) in [6.07, 6.45) is 7.08. The van der Waals surface area contributed by atoms with Crippen molar-refractivity contribution in [3.05, 3.63) is 38.9 Å². The molecule has 2 amide bonds. The monoisotopic (exact) mass is 434 g/mol. The van der Waals surface area contributed by atoms with E-state index >= 15 is 0 Å². The number of nitrogens with zero attached hydrogens (tertiary/aromatic N) is 3. The van der Waals surface area contributed by atoms with E-state index in [0.717, 1.165) is 9.48 Å². The highest BCUT2D eigenvalue weighted by Crippen LogP contribution is 2.42. The molecule has 1 saturated heterocycles. The smallest absolute Gasteiger partial charge is 0.265 e. The first-order chi connectivity index (χ1) is 12.6. The van der Waals surface area contributed by atoms with Gasteiger partial charge in [-0.3, -0.25) is 9.59 Å². The minimum absolute atomic E-state index is 0.0271. The predicted octanol–water partition coefficient (Wildman–Crippen LogP) is 3.67. The van der Waals surface area contributed by atoms with Crippen LogP contribution in [0.1, 0.15) is 46.3 Å². The fourth-order valence-electron chi connectivity index (χ4n) is 3.08. The molecule has 2 aromatic rings. The fraction of sp³-hybridized carbons (Fsp3) is 0.444. The summed E-state index contributed by atoms with van der Waals surface area (Å²) in [5, 5.41) is 3.94. The van der Waals surface area contributed by atoms with Crippen LogP contribution in [0.25, 0.3) is 0 Å². The molecule has 2 fully saturated rings. The molecule has 1 saturated carbocycles. The number of thiazole rings is 1. The zero-order valence-corrected chi connectivity index (χ0v) is 16.6. The summed E-state index contributed by atoms with van der Waals surface area (Å²) in [5.41, 5.74) is 0. The van der Waals surface area contributed by atoms with Gasteiger partial charge in [0.2, 0.25) is 5.91 Å². The molecule has 136 valence electrons. The van der Waals surface area contributed by atoms with Crippen molar-refractivity contribution in [3.63, 3.8) is 0 Å². The summed E-state index contributed by atoms with van der Waals surface area (Å²) >= 11 is 4.85. The van der Waals surface area contributed by atoms with Crippen LogP contribution in [0.5, 0.6) is 0 Å². The van der Waals surface area contributed by atoms with Crippen LogP contribution >= 0.6 is 27.3 Å². The topological polar surface area (TPSA) is 75.2 Å². The second kappa shape index (κ2) is 7.44. The van der Waals surface area contributed by atoms with Crippen molar-refractivity contribution in [2.45, 2.75) is 31.6 Å². The molecule has 4 rings (SSSR count). The molecule has 3 heterocycles. The Hall–Kier alpha value is -1.80. The maximum atomic E-state index is 12.6. The van der Waals surface area contributed by atoms with Crippen molar-refractivity contribution < 1.29 is 9.59 Å². The van der Waals surface area contributed by atoms with Gasteiger partial charge >= 0.3 is 0 Å². The lowest BCUT2D eigenvalue weighted by Gasteiger charge is -2.30. The molecule has 0 spiro atoms. The molecular weight excluding hydrogens is 416 g/mol. The number of pyridine rings is 1. The largest absolute Gasteiger partial charge is 0.338 e. The average molecular weight is 435 g/mol. The van der Waals surface area contributed by atoms with Crippen molar-refractivity contribution in [1.29, 1.82) is 0 Å². The number of carbonyl (C=O) groups excluding carboxylic acids is 2. The molecule has 2 aliphatic rings. The third kappa shape index (κ3) is 3.96. The Morgan fingerprint density at radius 2 is 1.88 bits per heavy atom. The van der Waals surface area contributed by atoms with Gasteiger partial charge in [-0.25, -0.2) is 9.97 Å². The zero-order valence-electron chi connectivity index (χ0n) is 14.2. The zero-order chi connectivity index (χ0) is 18.1. The second-order valence-electron chi connectivity index (χ2n) is 6.75. The molecule has 0 bridgehead atoms. The Morgan fingerprint density at radius 3 is 2.54 bits per heavy atom. The van der Waals surface area contributed by atoms with E-state index in [1.165, 1.54) is 24.2 Å². The Labute approximate surface area is 164 Å². The third-order valence-corrected chi connectivity index (χ3v) is 6.41. The van der Waals surface area contributed by atoms with E-state index in [1.54, 1.807) is 18.5 Å². The standard InChI is InChI=1S/C18H19BrN4O2S/c19-13-3-4-15(20-9-13)22-16(24)11-5-7-23(8-6-11)18(25)14-10-21-17(26-14)12-1-2-12/h3-4,9-12H,1-2,5-8H2,(H,20,22,24). The van der Waals surface area contributed by atoms with E-state index in [0.29, 0.717) is 42.5 Å². The van der Waals surface area contributed by atoms with E-state index in [2.05, 4.69) is 31.2 Å². The molecule has 0 aromatic carbocycles. The molecular formula is C18H19BrN4O2S. The number of anilines is 1. The fourth-order valence-corrected chi connectivity index (χ4v) is 4.37. The Morgan fingerprint density at radius 1 is 1.12 bits per heavy atom. The Balaban J connectivity index is 1.30. The first-order valence-electron chi connectivity index (χ1n) is 8.77. The van der Waals surface area contributed by atoms with Crippen molar-refractivity contribution in [3.8, 4) is 0 Å². The second-order valence-corrected chi connectivity index (χ2v) is 8.73. The highest BCUT2D eigenvalue weighted by Gasteiger charge is 2.31. The summed E-state index contributed by atoms with van der Waals surface area (Å²) < 4.78 is 0.871. The van der Waals surface area contributed by atoms with Crippen LogP contribution in [0.3, 0.4) is 0 Å². The van der Waals surface area contributed by atoms with Gasteiger partial charge in [-0.05, 0) is 53.7 Å². The predicted molar refractivity (Wildman–Crippen MR) is 103 cm³/mol. The van der Waals surface area contributed by atoms with Crippen LogP contribution in [0.2, 0.25) is 0 Å². The molecule has 6 nitrogen and oxygen atoms in total. The number of hydrogen-bond acceptors (Lipinski definition) is 5. The van der Waals surface area contributed by atoms with Crippen LogP contribution in [-0.4, -0.2) is 39.8 Å². The lowest BCUT2D eigenvalue weighted by molar-refractivity contribution is -0.121. The number of halogens is 1. The lowest BCUT2D eigenvalue weighted by atomic mass is 9.96. The van der Waals surface area contributed by atoms with E-state index < -0.39 is 0 Å². The molecule has 0 atom stereocenters. The molecule has 26 heavy (non-hydrogen) atoms. The number of aromatic nitrogens is 2. The van der Waals surface area contributed by atoms with Crippen LogP contribution in [-0.2, 0) is 4.79 Å². The number of carbonyl (C=O) groups is 2. The highest BCUT2D eigenvalue weighted by atomic mass is 79.9. The number of hydrogen-bond donors (Lipinski definition) is 1. The van der Waals surface area contributed by atoms with Gasteiger partial charge in [0.15, 0.2) is 0 Å². The van der Waals surface area contributed by atoms with Crippen LogP contribution in [0, 0.1) is 5.92 Å². The Bertz CT molecular complexity index is 811. The Kier molecular flexibility index (Phi) is 5.04. The highest BCUT2D eigenvalue weighted by molar-refractivity contribution is 9.10. The normalized spacial score (nSPS) is 18.0. The van der Waals surface area contributed by atoms with Crippen LogP contribution in [0.4, 0.5) is 5.82 Å². The number of likely N-dealkylation sites (tertiary alicyclic amines) is 1. The number of nitrogens with one attached hydrogen (secondary N) is 1. The van der Waals surface area contributed by atoms with Crippen molar-refractivity contribution in [2.75, 3.05) is 18.4 Å². The summed E-state index contributed by atoms with van der Waals surface area (Å²) in [6.45, 7) is 1.20. The van der Waals surface area contributed by atoms with Gasteiger partial charge in [0.25, 0.3) is 5.91 Å². The minimum Gasteiger partial charge on any atom is -0.338 e. The number of rotatable bonds is 4. The SMILES string of the molecule is O=C(Nc1ccc(Br)cn1)C1CCN(C(=O)c2cnc(C3CC3)s2)CC1. The number of piperidine rings is 1. The molecule has 1 aliphatic heterocycles.